The third kappa shape index (κ3) is 2.19. The molecule has 1 rings (SSSR count). The van der Waals surface area contributed by atoms with Crippen LogP contribution in [0.1, 0.15) is 19.4 Å². The lowest BCUT2D eigenvalue weighted by molar-refractivity contribution is 0.506. The molecule has 0 aromatic heterocycles. The number of benzene rings is 1. The Kier molecular flexibility index (Phi) is 4.26. The fraction of sp³-hybridized carbons (Fsp3) is 0.333. The molecule has 0 fully saturated rings. The Labute approximate surface area is 71.2 Å². The summed E-state index contributed by atoms with van der Waals surface area (Å²) in [5.74, 6) is -1.82. The number of anilines is 1. The summed E-state index contributed by atoms with van der Waals surface area (Å²) in [6, 6.07) is 2.78. The molecule has 1 aromatic carbocycles. The van der Waals surface area contributed by atoms with Gasteiger partial charge >= 0.3 is 0 Å². The molecule has 2 N–H and O–H groups in total. The predicted molar refractivity (Wildman–Crippen MR) is 46.9 cm³/mol. The maximum atomic E-state index is 12.5. The molecule has 0 saturated carbocycles. The van der Waals surface area contributed by atoms with Crippen molar-refractivity contribution in [2.75, 3.05) is 5.73 Å². The minimum absolute atomic E-state index is 0.150. The van der Waals surface area contributed by atoms with E-state index in [1.165, 1.54) is 19.1 Å². The third-order valence-corrected chi connectivity index (χ3v) is 1.31. The Hall–Kier alpha value is -1.12. The van der Waals surface area contributed by atoms with Crippen LogP contribution in [0.3, 0.4) is 0 Å². The number of hydrogen-bond donors (Lipinski definition) is 1. The topological polar surface area (TPSA) is 26.0 Å². The van der Waals surface area contributed by atoms with Gasteiger partial charge in [-0.15, -0.1) is 0 Å². The highest BCUT2D eigenvalue weighted by molar-refractivity contribution is 5.41. The number of halogens is 2. The van der Waals surface area contributed by atoms with E-state index < -0.39 is 11.6 Å². The summed E-state index contributed by atoms with van der Waals surface area (Å²) in [5.41, 5.74) is 5.19. The molecule has 0 radical (unpaired) electrons. The van der Waals surface area contributed by atoms with Gasteiger partial charge in [-0.1, -0.05) is 19.9 Å². The molecule has 0 saturated heterocycles. The molecular formula is C9H13F2N. The van der Waals surface area contributed by atoms with Gasteiger partial charge in [-0.3, -0.25) is 0 Å². The lowest BCUT2D eigenvalue weighted by Gasteiger charge is -1.99. The molecule has 0 heterocycles. The van der Waals surface area contributed by atoms with E-state index in [4.69, 9.17) is 5.73 Å². The highest BCUT2D eigenvalue weighted by Crippen LogP contribution is 2.16. The molecule has 68 valence electrons. The zero-order chi connectivity index (χ0) is 9.72. The molecule has 0 spiro atoms. The van der Waals surface area contributed by atoms with Crippen molar-refractivity contribution in [3.63, 3.8) is 0 Å². The molecule has 1 aromatic rings. The standard InChI is InChI=1S/C7H7F2N.C2H6/c1-4-2-3-5(10)7(9)6(4)8;1-2/h2-3H,10H2,1H3;1-2H3. The van der Waals surface area contributed by atoms with E-state index in [-0.39, 0.29) is 11.3 Å². The van der Waals surface area contributed by atoms with E-state index in [0.717, 1.165) is 0 Å². The van der Waals surface area contributed by atoms with Crippen molar-refractivity contribution in [2.45, 2.75) is 20.8 Å². The van der Waals surface area contributed by atoms with E-state index in [9.17, 15) is 8.78 Å². The van der Waals surface area contributed by atoms with Gasteiger partial charge < -0.3 is 5.73 Å². The average molecular weight is 173 g/mol. The monoisotopic (exact) mass is 173 g/mol. The molecule has 3 heteroatoms. The molecule has 0 aliphatic heterocycles. The van der Waals surface area contributed by atoms with Crippen molar-refractivity contribution in [3.05, 3.63) is 29.3 Å². The Bertz CT molecular complexity index is 232. The van der Waals surface area contributed by atoms with Crippen molar-refractivity contribution >= 4 is 5.69 Å². The first kappa shape index (κ1) is 10.9. The van der Waals surface area contributed by atoms with Crippen molar-refractivity contribution in [1.82, 2.24) is 0 Å². The van der Waals surface area contributed by atoms with Gasteiger partial charge in [-0.25, -0.2) is 8.78 Å². The number of nitrogens with two attached hydrogens (primary N) is 1. The molecule has 0 aliphatic carbocycles. The van der Waals surface area contributed by atoms with Crippen molar-refractivity contribution in [1.29, 1.82) is 0 Å². The minimum Gasteiger partial charge on any atom is -0.396 e. The molecular weight excluding hydrogens is 160 g/mol. The number of rotatable bonds is 0. The van der Waals surface area contributed by atoms with Gasteiger partial charge in [0.05, 0.1) is 5.69 Å². The first-order chi connectivity index (χ1) is 5.63. The van der Waals surface area contributed by atoms with Crippen LogP contribution in [0.25, 0.3) is 0 Å². The van der Waals surface area contributed by atoms with Crippen LogP contribution in [0, 0.1) is 18.6 Å². The molecule has 0 bridgehead atoms. The van der Waals surface area contributed by atoms with Crippen LogP contribution in [0.5, 0.6) is 0 Å². The van der Waals surface area contributed by atoms with Gasteiger partial charge in [0.15, 0.2) is 11.6 Å². The summed E-state index contributed by atoms with van der Waals surface area (Å²) in [6.07, 6.45) is 0. The summed E-state index contributed by atoms with van der Waals surface area (Å²) in [6.45, 7) is 5.48. The number of aryl methyl sites for hydroxylation is 1. The molecule has 12 heavy (non-hydrogen) atoms. The lowest BCUT2D eigenvalue weighted by atomic mass is 10.2. The SMILES string of the molecule is CC.Cc1ccc(N)c(F)c1F. The van der Waals surface area contributed by atoms with Gasteiger partial charge in [0.25, 0.3) is 0 Å². The van der Waals surface area contributed by atoms with Gasteiger partial charge in [0, 0.05) is 0 Å². The first-order valence-corrected chi connectivity index (χ1v) is 3.83. The van der Waals surface area contributed by atoms with Crippen LogP contribution in [0.2, 0.25) is 0 Å². The summed E-state index contributed by atoms with van der Waals surface area (Å²) in [5, 5.41) is 0. The Morgan fingerprint density at radius 2 is 1.58 bits per heavy atom. The highest BCUT2D eigenvalue weighted by atomic mass is 19.2. The fourth-order valence-corrected chi connectivity index (χ4v) is 0.661. The quantitative estimate of drug-likeness (QED) is 0.600. The smallest absolute Gasteiger partial charge is 0.181 e. The van der Waals surface area contributed by atoms with Crippen molar-refractivity contribution in [2.24, 2.45) is 0 Å². The second kappa shape index (κ2) is 4.70. The molecule has 1 nitrogen and oxygen atoms in total. The second-order valence-corrected chi connectivity index (χ2v) is 2.10. The summed E-state index contributed by atoms with van der Waals surface area (Å²) in [4.78, 5) is 0. The largest absolute Gasteiger partial charge is 0.396 e. The zero-order valence-corrected chi connectivity index (χ0v) is 7.49. The first-order valence-electron chi connectivity index (χ1n) is 3.83. The maximum absolute atomic E-state index is 12.5. The van der Waals surface area contributed by atoms with Crippen LogP contribution in [0.4, 0.5) is 14.5 Å². The lowest BCUT2D eigenvalue weighted by Crippen LogP contribution is -1.95. The van der Waals surface area contributed by atoms with Crippen molar-refractivity contribution < 1.29 is 8.78 Å². The van der Waals surface area contributed by atoms with E-state index >= 15 is 0 Å². The van der Waals surface area contributed by atoms with E-state index in [1.807, 2.05) is 13.8 Å². The van der Waals surface area contributed by atoms with E-state index in [1.54, 1.807) is 0 Å². The summed E-state index contributed by atoms with van der Waals surface area (Å²) >= 11 is 0. The zero-order valence-electron chi connectivity index (χ0n) is 7.49. The average Bonchev–Trinajstić information content (AvgIpc) is 2.12. The molecule has 0 amide bonds. The number of hydrogen-bond acceptors (Lipinski definition) is 1. The van der Waals surface area contributed by atoms with Gasteiger partial charge in [0.1, 0.15) is 0 Å². The van der Waals surface area contributed by atoms with Gasteiger partial charge in [0.2, 0.25) is 0 Å². The third-order valence-electron chi connectivity index (χ3n) is 1.31. The normalized spacial score (nSPS) is 8.75. The van der Waals surface area contributed by atoms with Crippen LogP contribution >= 0.6 is 0 Å². The van der Waals surface area contributed by atoms with Crippen LogP contribution in [-0.2, 0) is 0 Å². The molecule has 0 aliphatic rings. The molecule has 0 unspecified atom stereocenters. The Morgan fingerprint density at radius 1 is 1.08 bits per heavy atom. The fourth-order valence-electron chi connectivity index (χ4n) is 0.661. The van der Waals surface area contributed by atoms with Crippen molar-refractivity contribution in [3.8, 4) is 0 Å². The van der Waals surface area contributed by atoms with Gasteiger partial charge in [-0.2, -0.15) is 0 Å². The second-order valence-electron chi connectivity index (χ2n) is 2.10. The van der Waals surface area contributed by atoms with Crippen LogP contribution in [0.15, 0.2) is 12.1 Å². The van der Waals surface area contributed by atoms with E-state index in [2.05, 4.69) is 0 Å². The van der Waals surface area contributed by atoms with Crippen LogP contribution in [-0.4, -0.2) is 0 Å². The highest BCUT2D eigenvalue weighted by Gasteiger charge is 2.06. The summed E-state index contributed by atoms with van der Waals surface area (Å²) in [7, 11) is 0. The summed E-state index contributed by atoms with van der Waals surface area (Å²) < 4.78 is 25.0. The van der Waals surface area contributed by atoms with E-state index in [0.29, 0.717) is 0 Å². The predicted octanol–water partition coefficient (Wildman–Crippen LogP) is 2.88. The van der Waals surface area contributed by atoms with Gasteiger partial charge in [-0.05, 0) is 18.6 Å². The van der Waals surface area contributed by atoms with Crippen LogP contribution < -0.4 is 5.73 Å². The Balaban J connectivity index is 0.000000561. The Morgan fingerprint density at radius 3 is 2.00 bits per heavy atom. The maximum Gasteiger partial charge on any atom is 0.181 e. The number of nitrogen functional groups attached to an aromatic ring is 1. The molecule has 0 atom stereocenters. The minimum atomic E-state index is -0.958.